The van der Waals surface area contributed by atoms with Gasteiger partial charge in [0.15, 0.2) is 0 Å². The smallest absolute Gasteiger partial charge is 0.221 e. The molecule has 0 saturated heterocycles. The maximum Gasteiger partial charge on any atom is 0.221 e. The second-order valence-corrected chi connectivity index (χ2v) is 3.84. The second kappa shape index (κ2) is 8.06. The van der Waals surface area contributed by atoms with Crippen LogP contribution in [0.1, 0.15) is 31.4 Å². The summed E-state index contributed by atoms with van der Waals surface area (Å²) in [6.45, 7) is 2.15. The maximum absolute atomic E-state index is 10.8. The van der Waals surface area contributed by atoms with Crippen molar-refractivity contribution in [3.8, 4) is 0 Å². The first-order valence-corrected chi connectivity index (χ1v) is 5.46. The van der Waals surface area contributed by atoms with Gasteiger partial charge in [0.1, 0.15) is 0 Å². The van der Waals surface area contributed by atoms with Crippen molar-refractivity contribution in [3.63, 3.8) is 0 Å². The highest BCUT2D eigenvalue weighted by atomic mass is 35.5. The normalized spacial score (nSPS) is 11.5. The van der Waals surface area contributed by atoms with Crippen molar-refractivity contribution < 1.29 is 4.79 Å². The zero-order valence-electron chi connectivity index (χ0n) is 9.98. The number of nitrogens with two attached hydrogens (primary N) is 2. The Bertz CT molecular complexity index is 340. The number of rotatable bonds is 5. The molecular weight excluding hydrogens is 238 g/mol. The number of anilines is 1. The van der Waals surface area contributed by atoms with E-state index >= 15 is 0 Å². The molecule has 0 saturated carbocycles. The topological polar surface area (TPSA) is 81.1 Å². The number of carbonyl (C=O) groups excluding carboxylic acids is 1. The standard InChI is InChI=1S/C12H19N3O.ClH/c1-9(16)15-11-6-4-10(5-7-11)12(14)3-2-8-13;/h4-7,12H,2-3,8,13-14H2,1H3,(H,15,16);1H/t12-;/m1./s1. The Morgan fingerprint density at radius 3 is 2.41 bits per heavy atom. The highest BCUT2D eigenvalue weighted by Crippen LogP contribution is 2.18. The fraction of sp³-hybridized carbons (Fsp3) is 0.417. The van der Waals surface area contributed by atoms with Gasteiger partial charge in [0.05, 0.1) is 0 Å². The number of hydrogen-bond donors (Lipinski definition) is 3. The van der Waals surface area contributed by atoms with Gasteiger partial charge in [0.25, 0.3) is 0 Å². The van der Waals surface area contributed by atoms with E-state index in [1.165, 1.54) is 6.92 Å². The monoisotopic (exact) mass is 257 g/mol. The van der Waals surface area contributed by atoms with E-state index < -0.39 is 0 Å². The molecule has 1 aromatic rings. The van der Waals surface area contributed by atoms with Crippen molar-refractivity contribution in [1.82, 2.24) is 0 Å². The van der Waals surface area contributed by atoms with Gasteiger partial charge in [0, 0.05) is 18.7 Å². The van der Waals surface area contributed by atoms with Crippen LogP contribution in [0, 0.1) is 0 Å². The molecule has 96 valence electrons. The van der Waals surface area contributed by atoms with Gasteiger partial charge in [-0.3, -0.25) is 4.79 Å². The van der Waals surface area contributed by atoms with E-state index in [2.05, 4.69) is 5.32 Å². The molecular formula is C12H20ClN3O. The molecule has 0 fully saturated rings. The lowest BCUT2D eigenvalue weighted by Crippen LogP contribution is -2.12. The molecule has 5 N–H and O–H groups in total. The lowest BCUT2D eigenvalue weighted by molar-refractivity contribution is -0.114. The summed E-state index contributed by atoms with van der Waals surface area (Å²) in [4.78, 5) is 10.8. The first-order chi connectivity index (χ1) is 7.63. The molecule has 0 bridgehead atoms. The summed E-state index contributed by atoms with van der Waals surface area (Å²) in [5.41, 5.74) is 13.3. The average Bonchev–Trinajstić information content (AvgIpc) is 2.26. The van der Waals surface area contributed by atoms with E-state index in [0.717, 1.165) is 24.1 Å². The lowest BCUT2D eigenvalue weighted by Gasteiger charge is -2.12. The molecule has 17 heavy (non-hydrogen) atoms. The third-order valence-electron chi connectivity index (χ3n) is 2.38. The van der Waals surface area contributed by atoms with E-state index in [1.807, 2.05) is 24.3 Å². The summed E-state index contributed by atoms with van der Waals surface area (Å²) in [6.07, 6.45) is 1.81. The van der Waals surface area contributed by atoms with E-state index in [1.54, 1.807) is 0 Å². The fourth-order valence-corrected chi connectivity index (χ4v) is 1.52. The Morgan fingerprint density at radius 2 is 1.94 bits per heavy atom. The highest BCUT2D eigenvalue weighted by molar-refractivity contribution is 5.88. The molecule has 5 heteroatoms. The first kappa shape index (κ1) is 15.9. The van der Waals surface area contributed by atoms with Crippen LogP contribution in [-0.4, -0.2) is 12.5 Å². The van der Waals surface area contributed by atoms with Gasteiger partial charge in [-0.05, 0) is 37.1 Å². The molecule has 0 heterocycles. The van der Waals surface area contributed by atoms with Gasteiger partial charge in [0.2, 0.25) is 5.91 Å². The van der Waals surface area contributed by atoms with Crippen LogP contribution in [0.4, 0.5) is 5.69 Å². The van der Waals surface area contributed by atoms with Gasteiger partial charge >= 0.3 is 0 Å². The average molecular weight is 258 g/mol. The van der Waals surface area contributed by atoms with Gasteiger partial charge < -0.3 is 16.8 Å². The van der Waals surface area contributed by atoms with E-state index in [9.17, 15) is 4.79 Å². The Kier molecular flexibility index (Phi) is 7.54. The summed E-state index contributed by atoms with van der Waals surface area (Å²) < 4.78 is 0. The Balaban J connectivity index is 0.00000256. The van der Waals surface area contributed by atoms with Crippen molar-refractivity contribution in [1.29, 1.82) is 0 Å². The second-order valence-electron chi connectivity index (χ2n) is 3.84. The van der Waals surface area contributed by atoms with Crippen molar-refractivity contribution in [2.45, 2.75) is 25.8 Å². The van der Waals surface area contributed by atoms with Gasteiger partial charge in [-0.15, -0.1) is 12.4 Å². The predicted molar refractivity (Wildman–Crippen MR) is 73.2 cm³/mol. The van der Waals surface area contributed by atoms with Gasteiger partial charge in [-0.1, -0.05) is 12.1 Å². The molecule has 0 radical (unpaired) electrons. The van der Waals surface area contributed by atoms with Gasteiger partial charge in [-0.25, -0.2) is 0 Å². The van der Waals surface area contributed by atoms with Crippen molar-refractivity contribution in [3.05, 3.63) is 29.8 Å². The molecule has 0 aliphatic rings. The predicted octanol–water partition coefficient (Wildman–Crippen LogP) is 1.81. The minimum atomic E-state index is -0.0693. The van der Waals surface area contributed by atoms with E-state index in [4.69, 9.17) is 11.5 Å². The zero-order valence-corrected chi connectivity index (χ0v) is 10.8. The van der Waals surface area contributed by atoms with E-state index in [0.29, 0.717) is 6.54 Å². The molecule has 1 rings (SSSR count). The molecule has 0 unspecified atom stereocenters. The Morgan fingerprint density at radius 1 is 1.35 bits per heavy atom. The Hall–Kier alpha value is -1.10. The fourth-order valence-electron chi connectivity index (χ4n) is 1.52. The van der Waals surface area contributed by atoms with Crippen LogP contribution in [0.3, 0.4) is 0 Å². The maximum atomic E-state index is 10.8. The SMILES string of the molecule is CC(=O)Nc1ccc([C@H](N)CCCN)cc1.Cl. The van der Waals surface area contributed by atoms with Crippen LogP contribution in [0.15, 0.2) is 24.3 Å². The van der Waals surface area contributed by atoms with Crippen molar-refractivity contribution in [2.75, 3.05) is 11.9 Å². The molecule has 0 aliphatic heterocycles. The number of hydrogen-bond acceptors (Lipinski definition) is 3. The summed E-state index contributed by atoms with van der Waals surface area (Å²) >= 11 is 0. The van der Waals surface area contributed by atoms with Crippen LogP contribution >= 0.6 is 12.4 Å². The number of nitrogens with one attached hydrogen (secondary N) is 1. The van der Waals surface area contributed by atoms with Crippen LogP contribution in [-0.2, 0) is 4.79 Å². The third kappa shape index (κ3) is 5.68. The molecule has 4 nitrogen and oxygen atoms in total. The number of halogens is 1. The summed E-state index contributed by atoms with van der Waals surface area (Å²) in [5.74, 6) is -0.0693. The first-order valence-electron chi connectivity index (χ1n) is 5.46. The number of benzene rings is 1. The molecule has 1 amide bonds. The zero-order chi connectivity index (χ0) is 12.0. The molecule has 0 spiro atoms. The summed E-state index contributed by atoms with van der Waals surface area (Å²) in [6, 6.07) is 7.62. The minimum absolute atomic E-state index is 0. The van der Waals surface area contributed by atoms with E-state index in [-0.39, 0.29) is 24.4 Å². The molecule has 0 aliphatic carbocycles. The Labute approximate surface area is 108 Å². The number of carbonyl (C=O) groups is 1. The summed E-state index contributed by atoms with van der Waals surface area (Å²) in [5, 5.41) is 2.71. The van der Waals surface area contributed by atoms with Gasteiger partial charge in [-0.2, -0.15) is 0 Å². The molecule has 0 aromatic heterocycles. The van der Waals surface area contributed by atoms with Crippen LogP contribution in [0.25, 0.3) is 0 Å². The third-order valence-corrected chi connectivity index (χ3v) is 2.38. The largest absolute Gasteiger partial charge is 0.330 e. The minimum Gasteiger partial charge on any atom is -0.330 e. The van der Waals surface area contributed by atoms with Crippen molar-refractivity contribution >= 4 is 24.0 Å². The quantitative estimate of drug-likeness (QED) is 0.752. The lowest BCUT2D eigenvalue weighted by atomic mass is 10.0. The van der Waals surface area contributed by atoms with Crippen LogP contribution in [0.5, 0.6) is 0 Å². The van der Waals surface area contributed by atoms with Crippen LogP contribution in [0.2, 0.25) is 0 Å². The van der Waals surface area contributed by atoms with Crippen LogP contribution < -0.4 is 16.8 Å². The van der Waals surface area contributed by atoms with Crippen molar-refractivity contribution in [2.24, 2.45) is 11.5 Å². The number of amides is 1. The molecule has 1 atom stereocenters. The molecule has 1 aromatic carbocycles. The summed E-state index contributed by atoms with van der Waals surface area (Å²) in [7, 11) is 0. The highest BCUT2D eigenvalue weighted by Gasteiger charge is 2.05.